The molecule has 7 heteroatoms. The molecule has 1 atom stereocenters. The Bertz CT molecular complexity index is 806. The quantitative estimate of drug-likeness (QED) is 0.655. The zero-order chi connectivity index (χ0) is 16.4. The van der Waals surface area contributed by atoms with Crippen LogP contribution in [0.5, 0.6) is 0 Å². The van der Waals surface area contributed by atoms with Gasteiger partial charge in [0.15, 0.2) is 5.16 Å². The number of hydrogen-bond acceptors (Lipinski definition) is 4. The summed E-state index contributed by atoms with van der Waals surface area (Å²) in [5.74, 6) is 0.651. The first-order chi connectivity index (χ1) is 11.1. The highest BCUT2D eigenvalue weighted by atomic mass is 35.5. The van der Waals surface area contributed by atoms with Crippen LogP contribution in [-0.2, 0) is 4.79 Å². The van der Waals surface area contributed by atoms with Crippen molar-refractivity contribution in [2.24, 2.45) is 0 Å². The van der Waals surface area contributed by atoms with Crippen molar-refractivity contribution in [3.8, 4) is 0 Å². The summed E-state index contributed by atoms with van der Waals surface area (Å²) in [6.07, 6.45) is 1.16. The Hall–Kier alpha value is -1.79. The molecule has 0 fully saturated rings. The minimum atomic E-state index is -0.381. The van der Waals surface area contributed by atoms with E-state index in [1.54, 1.807) is 6.07 Å². The summed E-state index contributed by atoms with van der Waals surface area (Å²) in [6.45, 7) is 2.05. The summed E-state index contributed by atoms with van der Waals surface area (Å²) in [5.41, 5.74) is 1.02. The number of rotatable bonds is 4. The van der Waals surface area contributed by atoms with E-state index in [0.717, 1.165) is 17.7 Å². The molecule has 0 saturated carbocycles. The van der Waals surface area contributed by atoms with E-state index in [1.807, 2.05) is 18.2 Å². The summed E-state index contributed by atoms with van der Waals surface area (Å²) in [7, 11) is 0. The molecule has 120 valence electrons. The Labute approximate surface area is 142 Å². The van der Waals surface area contributed by atoms with Crippen molar-refractivity contribution in [2.75, 3.05) is 11.1 Å². The standard InChI is InChI=1S/C16H16ClN3O2S/c1-2-7-23-16-19-14-13(15(22)20-16)10(8-12(21)18-14)9-5-3-4-6-11(9)17/h3-6,10H,2,7-8H2,1H3,(H2,18,19,20,21,22)/t10-/m1/s1. The molecule has 0 saturated heterocycles. The monoisotopic (exact) mass is 349 g/mol. The van der Waals surface area contributed by atoms with Gasteiger partial charge in [0.1, 0.15) is 5.82 Å². The van der Waals surface area contributed by atoms with Gasteiger partial charge in [-0.3, -0.25) is 9.59 Å². The van der Waals surface area contributed by atoms with Crippen molar-refractivity contribution in [1.82, 2.24) is 9.97 Å². The van der Waals surface area contributed by atoms with Crippen LogP contribution >= 0.6 is 23.4 Å². The van der Waals surface area contributed by atoms with Crippen LogP contribution in [0.2, 0.25) is 5.02 Å². The lowest BCUT2D eigenvalue weighted by molar-refractivity contribution is -0.116. The number of anilines is 1. The number of benzene rings is 1. The number of nitrogens with one attached hydrogen (secondary N) is 2. The number of amides is 1. The molecule has 2 heterocycles. The predicted molar refractivity (Wildman–Crippen MR) is 92.4 cm³/mol. The van der Waals surface area contributed by atoms with Crippen molar-refractivity contribution in [1.29, 1.82) is 0 Å². The molecule has 1 aliphatic rings. The van der Waals surface area contributed by atoms with Crippen molar-refractivity contribution in [3.05, 3.63) is 50.8 Å². The predicted octanol–water partition coefficient (Wildman–Crippen LogP) is 3.40. The highest BCUT2D eigenvalue weighted by Crippen LogP contribution is 2.37. The smallest absolute Gasteiger partial charge is 0.257 e. The van der Waals surface area contributed by atoms with Gasteiger partial charge >= 0.3 is 0 Å². The fraction of sp³-hybridized carbons (Fsp3) is 0.312. The Morgan fingerprint density at radius 2 is 2.13 bits per heavy atom. The lowest BCUT2D eigenvalue weighted by Gasteiger charge is -2.25. The maximum atomic E-state index is 12.5. The molecule has 0 unspecified atom stereocenters. The molecule has 1 aliphatic heterocycles. The van der Waals surface area contributed by atoms with Crippen molar-refractivity contribution in [2.45, 2.75) is 30.8 Å². The van der Waals surface area contributed by atoms with Gasteiger partial charge in [-0.05, 0) is 18.1 Å². The van der Waals surface area contributed by atoms with E-state index in [9.17, 15) is 9.59 Å². The minimum Gasteiger partial charge on any atom is -0.310 e. The zero-order valence-electron chi connectivity index (χ0n) is 12.6. The average Bonchev–Trinajstić information content (AvgIpc) is 2.52. The molecule has 0 radical (unpaired) electrons. The fourth-order valence-corrected chi connectivity index (χ4v) is 3.63. The highest BCUT2D eigenvalue weighted by molar-refractivity contribution is 7.99. The number of aromatic nitrogens is 2. The van der Waals surface area contributed by atoms with Gasteiger partial charge in [-0.2, -0.15) is 0 Å². The second kappa shape index (κ2) is 6.76. The van der Waals surface area contributed by atoms with E-state index in [-0.39, 0.29) is 23.8 Å². The summed E-state index contributed by atoms with van der Waals surface area (Å²) in [5, 5.41) is 3.78. The first-order valence-corrected chi connectivity index (χ1v) is 8.77. The second-order valence-electron chi connectivity index (χ2n) is 5.31. The van der Waals surface area contributed by atoms with Gasteiger partial charge in [-0.15, -0.1) is 0 Å². The third kappa shape index (κ3) is 3.28. The molecule has 23 heavy (non-hydrogen) atoms. The average molecular weight is 350 g/mol. The fourth-order valence-electron chi connectivity index (χ4n) is 2.64. The lowest BCUT2D eigenvalue weighted by atomic mass is 9.87. The van der Waals surface area contributed by atoms with Crippen LogP contribution in [0.3, 0.4) is 0 Å². The van der Waals surface area contributed by atoms with E-state index in [1.165, 1.54) is 11.8 Å². The van der Waals surface area contributed by atoms with E-state index < -0.39 is 0 Å². The van der Waals surface area contributed by atoms with Crippen molar-refractivity contribution in [3.63, 3.8) is 0 Å². The molecule has 0 spiro atoms. The Balaban J connectivity index is 2.09. The molecule has 1 amide bonds. The van der Waals surface area contributed by atoms with Gasteiger partial charge in [0.25, 0.3) is 5.56 Å². The number of nitrogens with zero attached hydrogens (tertiary/aromatic N) is 1. The maximum Gasteiger partial charge on any atom is 0.257 e. The summed E-state index contributed by atoms with van der Waals surface area (Å²) < 4.78 is 0. The second-order valence-corrected chi connectivity index (χ2v) is 6.80. The zero-order valence-corrected chi connectivity index (χ0v) is 14.1. The highest BCUT2D eigenvalue weighted by Gasteiger charge is 2.31. The summed E-state index contributed by atoms with van der Waals surface area (Å²) in [4.78, 5) is 31.8. The molecule has 3 rings (SSSR count). The van der Waals surface area contributed by atoms with Crippen molar-refractivity contribution < 1.29 is 4.79 Å². The number of thioether (sulfide) groups is 1. The molecular weight excluding hydrogens is 334 g/mol. The van der Waals surface area contributed by atoms with Gasteiger partial charge < -0.3 is 10.3 Å². The van der Waals surface area contributed by atoms with Gasteiger partial charge in [0.05, 0.1) is 5.56 Å². The normalized spacial score (nSPS) is 16.8. The molecule has 1 aromatic heterocycles. The van der Waals surface area contributed by atoms with Crippen molar-refractivity contribution >= 4 is 35.1 Å². The van der Waals surface area contributed by atoms with Crippen LogP contribution in [0.1, 0.15) is 36.8 Å². The van der Waals surface area contributed by atoms with E-state index in [4.69, 9.17) is 11.6 Å². The third-order valence-corrected chi connectivity index (χ3v) is 5.08. The van der Waals surface area contributed by atoms with Gasteiger partial charge in [0, 0.05) is 23.1 Å². The Morgan fingerprint density at radius 1 is 1.35 bits per heavy atom. The number of halogens is 1. The molecule has 2 aromatic rings. The molecule has 0 bridgehead atoms. The number of fused-ring (bicyclic) bond motifs is 1. The van der Waals surface area contributed by atoms with E-state index >= 15 is 0 Å². The molecule has 5 nitrogen and oxygen atoms in total. The number of aromatic amines is 1. The van der Waals surface area contributed by atoms with E-state index in [2.05, 4.69) is 22.2 Å². The van der Waals surface area contributed by atoms with Gasteiger partial charge in [0.2, 0.25) is 5.91 Å². The van der Waals surface area contributed by atoms with Crippen LogP contribution < -0.4 is 10.9 Å². The topological polar surface area (TPSA) is 74.8 Å². The van der Waals surface area contributed by atoms with Crippen LogP contribution in [0.4, 0.5) is 5.82 Å². The van der Waals surface area contributed by atoms with Crippen LogP contribution in [0.25, 0.3) is 0 Å². The first-order valence-electron chi connectivity index (χ1n) is 7.41. The molecule has 0 aliphatic carbocycles. The number of carbonyl (C=O) groups is 1. The Morgan fingerprint density at radius 3 is 2.87 bits per heavy atom. The number of carbonyl (C=O) groups excluding carboxylic acids is 1. The Kier molecular flexibility index (Phi) is 4.73. The summed E-state index contributed by atoms with van der Waals surface area (Å²) in [6, 6.07) is 7.27. The largest absolute Gasteiger partial charge is 0.310 e. The maximum absolute atomic E-state index is 12.5. The minimum absolute atomic E-state index is 0.160. The number of hydrogen-bond donors (Lipinski definition) is 2. The SMILES string of the molecule is CCCSc1nc2c(c(=O)[nH]1)[C@@H](c1ccccc1Cl)CC(=O)N2. The lowest BCUT2D eigenvalue weighted by Crippen LogP contribution is -2.31. The van der Waals surface area contributed by atoms with E-state index in [0.29, 0.717) is 21.6 Å². The van der Waals surface area contributed by atoms with Gasteiger partial charge in [-0.25, -0.2) is 4.98 Å². The molecule has 2 N–H and O–H groups in total. The molecule has 1 aromatic carbocycles. The van der Waals surface area contributed by atoms with Crippen LogP contribution in [0.15, 0.2) is 34.2 Å². The van der Waals surface area contributed by atoms with Crippen LogP contribution in [0, 0.1) is 0 Å². The third-order valence-electron chi connectivity index (χ3n) is 3.65. The first kappa shape index (κ1) is 16.1. The molecular formula is C16H16ClN3O2S. The summed E-state index contributed by atoms with van der Waals surface area (Å²) >= 11 is 7.72. The van der Waals surface area contributed by atoms with Gasteiger partial charge in [-0.1, -0.05) is 48.5 Å². The number of H-pyrrole nitrogens is 1. The van der Waals surface area contributed by atoms with Crippen LogP contribution in [-0.4, -0.2) is 21.6 Å².